The summed E-state index contributed by atoms with van der Waals surface area (Å²) >= 11 is 0. The minimum atomic E-state index is -0.0834. The Morgan fingerprint density at radius 1 is 0.556 bits per heavy atom. The van der Waals surface area contributed by atoms with Crippen molar-refractivity contribution in [3.05, 3.63) is 12.2 Å². The number of hydrogen-bond acceptors (Lipinski definition) is 5. The molecule has 0 aliphatic carbocycles. The zero-order valence-corrected chi connectivity index (χ0v) is 24.4. The van der Waals surface area contributed by atoms with Gasteiger partial charge in [-0.2, -0.15) is 0 Å². The van der Waals surface area contributed by atoms with E-state index in [1.54, 1.807) is 0 Å². The highest BCUT2D eigenvalue weighted by Gasteiger charge is 2.10. The van der Waals surface area contributed by atoms with Crippen molar-refractivity contribution in [1.29, 1.82) is 0 Å². The van der Waals surface area contributed by atoms with Gasteiger partial charge in [0.05, 0.1) is 14.2 Å². The lowest BCUT2D eigenvalue weighted by Gasteiger charge is -2.24. The molecule has 5 nitrogen and oxygen atoms in total. The van der Waals surface area contributed by atoms with Crippen LogP contribution in [0.4, 0.5) is 0 Å². The molecule has 0 heterocycles. The highest BCUT2D eigenvalue weighted by atomic mass is 16.5. The average Bonchev–Trinajstić information content (AvgIpc) is 2.87. The van der Waals surface area contributed by atoms with Gasteiger partial charge in [-0.3, -0.25) is 9.59 Å². The summed E-state index contributed by atoms with van der Waals surface area (Å²) in [6, 6.07) is 0.713. The maximum Gasteiger partial charge on any atom is 0.305 e. The van der Waals surface area contributed by atoms with Crippen LogP contribution in [0, 0.1) is 0 Å². The average molecular weight is 510 g/mol. The standard InChI is InChI=1S/C31H59NO4/c1-32(2)29(26-22-18-16-20-24-28-31(34)36-4)25-21-17-14-12-10-8-6-5-7-9-11-13-15-19-23-27-30(33)35-3/h5,7,29H,6,8-28H2,1-4H3/b7-5-. The van der Waals surface area contributed by atoms with E-state index < -0.39 is 0 Å². The smallest absolute Gasteiger partial charge is 0.305 e. The van der Waals surface area contributed by atoms with E-state index >= 15 is 0 Å². The van der Waals surface area contributed by atoms with Crippen molar-refractivity contribution < 1.29 is 19.1 Å². The van der Waals surface area contributed by atoms with E-state index in [1.807, 2.05) is 0 Å². The number of carbonyl (C=O) groups is 2. The largest absolute Gasteiger partial charge is 0.469 e. The molecule has 0 rings (SSSR count). The van der Waals surface area contributed by atoms with Gasteiger partial charge in [0, 0.05) is 18.9 Å². The molecule has 0 aliphatic heterocycles. The predicted molar refractivity (Wildman–Crippen MR) is 152 cm³/mol. The van der Waals surface area contributed by atoms with Crippen molar-refractivity contribution in [2.45, 2.75) is 147 Å². The molecule has 0 aromatic heterocycles. The number of ether oxygens (including phenoxy) is 2. The molecule has 0 radical (unpaired) electrons. The number of hydrogen-bond donors (Lipinski definition) is 0. The fraction of sp³-hybridized carbons (Fsp3) is 0.871. The van der Waals surface area contributed by atoms with Crippen molar-refractivity contribution in [2.24, 2.45) is 0 Å². The van der Waals surface area contributed by atoms with E-state index in [9.17, 15) is 9.59 Å². The number of rotatable bonds is 26. The quantitative estimate of drug-likeness (QED) is 0.0665. The molecule has 0 saturated carbocycles. The number of methoxy groups -OCH3 is 2. The first-order valence-electron chi connectivity index (χ1n) is 15.0. The summed E-state index contributed by atoms with van der Waals surface area (Å²) in [7, 11) is 7.37. The molecule has 0 amide bonds. The summed E-state index contributed by atoms with van der Waals surface area (Å²) < 4.78 is 9.36. The predicted octanol–water partition coefficient (Wildman–Crippen LogP) is 8.40. The topological polar surface area (TPSA) is 55.8 Å². The van der Waals surface area contributed by atoms with E-state index in [2.05, 4.69) is 35.9 Å². The Morgan fingerprint density at radius 2 is 0.889 bits per heavy atom. The van der Waals surface area contributed by atoms with Gasteiger partial charge in [-0.05, 0) is 65.5 Å². The van der Waals surface area contributed by atoms with Crippen LogP contribution in [-0.2, 0) is 19.1 Å². The summed E-state index contributed by atoms with van der Waals surface area (Å²) in [5.41, 5.74) is 0. The van der Waals surface area contributed by atoms with Gasteiger partial charge < -0.3 is 14.4 Å². The molecule has 0 aromatic rings. The lowest BCUT2D eigenvalue weighted by Crippen LogP contribution is -2.27. The molecule has 0 spiro atoms. The lowest BCUT2D eigenvalue weighted by molar-refractivity contribution is -0.141. The second-order valence-electron chi connectivity index (χ2n) is 10.6. The zero-order valence-electron chi connectivity index (χ0n) is 24.4. The van der Waals surface area contributed by atoms with Crippen molar-refractivity contribution >= 4 is 11.9 Å². The van der Waals surface area contributed by atoms with E-state index in [0.717, 1.165) is 25.7 Å². The minimum Gasteiger partial charge on any atom is -0.469 e. The molecule has 0 saturated heterocycles. The van der Waals surface area contributed by atoms with Gasteiger partial charge in [0.15, 0.2) is 0 Å². The SMILES string of the molecule is COC(=O)CCCCCCC/C=C\CCCCCCCCC(CCCCCCCC(=O)OC)N(C)C. The third-order valence-corrected chi connectivity index (χ3v) is 7.18. The van der Waals surface area contributed by atoms with Crippen LogP contribution in [0.3, 0.4) is 0 Å². The van der Waals surface area contributed by atoms with Gasteiger partial charge in [-0.25, -0.2) is 0 Å². The summed E-state index contributed by atoms with van der Waals surface area (Å²) in [5, 5.41) is 0. The van der Waals surface area contributed by atoms with Crippen LogP contribution in [0.15, 0.2) is 12.2 Å². The number of nitrogens with zero attached hydrogens (tertiary/aromatic N) is 1. The molecule has 0 fully saturated rings. The van der Waals surface area contributed by atoms with Gasteiger partial charge in [0.25, 0.3) is 0 Å². The van der Waals surface area contributed by atoms with E-state index in [0.29, 0.717) is 18.9 Å². The van der Waals surface area contributed by atoms with Crippen LogP contribution in [0.1, 0.15) is 141 Å². The zero-order chi connectivity index (χ0) is 26.7. The third kappa shape index (κ3) is 24.3. The van der Waals surface area contributed by atoms with Crippen molar-refractivity contribution in [3.8, 4) is 0 Å². The lowest BCUT2D eigenvalue weighted by atomic mass is 9.99. The Kier molecular flexibility index (Phi) is 25.7. The highest BCUT2D eigenvalue weighted by Crippen LogP contribution is 2.17. The van der Waals surface area contributed by atoms with Gasteiger partial charge in [-0.15, -0.1) is 0 Å². The molecule has 1 atom stereocenters. The molecule has 36 heavy (non-hydrogen) atoms. The van der Waals surface area contributed by atoms with Gasteiger partial charge in [0.1, 0.15) is 0 Å². The fourth-order valence-electron chi connectivity index (χ4n) is 4.69. The Balaban J connectivity index is 3.47. The fourth-order valence-corrected chi connectivity index (χ4v) is 4.69. The minimum absolute atomic E-state index is 0.0801. The highest BCUT2D eigenvalue weighted by molar-refractivity contribution is 5.69. The van der Waals surface area contributed by atoms with Crippen molar-refractivity contribution in [3.63, 3.8) is 0 Å². The van der Waals surface area contributed by atoms with Crippen LogP contribution in [0.2, 0.25) is 0 Å². The summed E-state index contributed by atoms with van der Waals surface area (Å²) in [6.07, 6.45) is 30.8. The van der Waals surface area contributed by atoms with E-state index in [-0.39, 0.29) is 11.9 Å². The number of unbranched alkanes of at least 4 members (excludes halogenated alkanes) is 15. The molecule has 0 bridgehead atoms. The van der Waals surface area contributed by atoms with E-state index in [1.165, 1.54) is 117 Å². The molecule has 212 valence electrons. The van der Waals surface area contributed by atoms with Gasteiger partial charge in [-0.1, -0.05) is 89.2 Å². The molecular formula is C31H59NO4. The first kappa shape index (κ1) is 34.6. The Bertz CT molecular complexity index is 533. The molecule has 0 aromatic carbocycles. The number of esters is 2. The third-order valence-electron chi connectivity index (χ3n) is 7.18. The van der Waals surface area contributed by atoms with Crippen LogP contribution >= 0.6 is 0 Å². The summed E-state index contributed by atoms with van der Waals surface area (Å²) in [4.78, 5) is 24.6. The maximum atomic E-state index is 11.1. The maximum absolute atomic E-state index is 11.1. The summed E-state index contributed by atoms with van der Waals surface area (Å²) in [6.45, 7) is 0. The Morgan fingerprint density at radius 3 is 1.25 bits per heavy atom. The van der Waals surface area contributed by atoms with Gasteiger partial charge in [0.2, 0.25) is 0 Å². The summed E-state index contributed by atoms with van der Waals surface area (Å²) in [5.74, 6) is -0.164. The molecule has 5 heteroatoms. The second kappa shape index (κ2) is 26.7. The van der Waals surface area contributed by atoms with Crippen molar-refractivity contribution in [2.75, 3.05) is 28.3 Å². The van der Waals surface area contributed by atoms with Crippen molar-refractivity contribution in [1.82, 2.24) is 4.90 Å². The first-order valence-corrected chi connectivity index (χ1v) is 15.0. The van der Waals surface area contributed by atoms with Gasteiger partial charge >= 0.3 is 11.9 Å². The molecule has 0 aliphatic rings. The molecular weight excluding hydrogens is 450 g/mol. The second-order valence-corrected chi connectivity index (χ2v) is 10.6. The van der Waals surface area contributed by atoms with Crippen LogP contribution < -0.4 is 0 Å². The normalized spacial score (nSPS) is 12.4. The molecule has 1 unspecified atom stereocenters. The number of allylic oxidation sites excluding steroid dienone is 2. The Hall–Kier alpha value is -1.36. The first-order chi connectivity index (χ1) is 17.5. The number of carbonyl (C=O) groups excluding carboxylic acids is 2. The molecule has 0 N–H and O–H groups in total. The van der Waals surface area contributed by atoms with Crippen LogP contribution in [0.25, 0.3) is 0 Å². The van der Waals surface area contributed by atoms with E-state index in [4.69, 9.17) is 4.74 Å². The Labute approximate surface area is 223 Å². The monoisotopic (exact) mass is 509 g/mol. The van der Waals surface area contributed by atoms with Crippen LogP contribution in [-0.4, -0.2) is 51.2 Å². The van der Waals surface area contributed by atoms with Crippen LogP contribution in [0.5, 0.6) is 0 Å².